The minimum Gasteiger partial charge on any atom is -0.507 e. The topological polar surface area (TPSA) is 79.5 Å². The number of nitrogens with one attached hydrogen (secondary N) is 1. The molecule has 7 heteroatoms. The monoisotopic (exact) mass is 602 g/mol. The van der Waals surface area contributed by atoms with Crippen LogP contribution in [0.2, 0.25) is 0 Å². The summed E-state index contributed by atoms with van der Waals surface area (Å²) in [6, 6.07) is 35.1. The van der Waals surface area contributed by atoms with E-state index in [2.05, 4.69) is 50.6 Å². The van der Waals surface area contributed by atoms with Crippen LogP contribution in [0.1, 0.15) is 27.2 Å². The van der Waals surface area contributed by atoms with Crippen molar-refractivity contribution in [1.29, 1.82) is 0 Å². The first-order chi connectivity index (χ1) is 20.1. The van der Waals surface area contributed by atoms with Crippen molar-refractivity contribution >= 4 is 27.5 Å². The van der Waals surface area contributed by atoms with Crippen LogP contribution in [0.4, 0.5) is 0 Å². The van der Waals surface area contributed by atoms with Crippen LogP contribution in [-0.4, -0.2) is 25.6 Å². The maximum Gasteiger partial charge on any atom is 0.252 e. The van der Waals surface area contributed by atoms with Gasteiger partial charge < -0.3 is 10.4 Å². The van der Waals surface area contributed by atoms with Crippen LogP contribution in [0.25, 0.3) is 28.0 Å². The second-order valence-corrected chi connectivity index (χ2v) is 10.6. The molecule has 0 spiro atoms. The van der Waals surface area contributed by atoms with Gasteiger partial charge in [0.25, 0.3) is 5.91 Å². The van der Waals surface area contributed by atoms with E-state index in [0.29, 0.717) is 29.0 Å². The van der Waals surface area contributed by atoms with Crippen LogP contribution >= 0.6 is 15.9 Å². The van der Waals surface area contributed by atoms with Gasteiger partial charge in [0.1, 0.15) is 5.75 Å². The van der Waals surface area contributed by atoms with Crippen LogP contribution in [0.5, 0.6) is 5.75 Å². The molecular formula is C34H27BrN4O2. The number of phenols is 1. The Kier molecular flexibility index (Phi) is 7.60. The zero-order chi connectivity index (χ0) is 28.2. The van der Waals surface area contributed by atoms with E-state index in [-0.39, 0.29) is 11.7 Å². The van der Waals surface area contributed by atoms with Crippen molar-refractivity contribution < 1.29 is 9.90 Å². The van der Waals surface area contributed by atoms with Crippen molar-refractivity contribution in [2.45, 2.75) is 19.4 Å². The van der Waals surface area contributed by atoms with Gasteiger partial charge in [-0.1, -0.05) is 84.9 Å². The maximum atomic E-state index is 13.1. The summed E-state index contributed by atoms with van der Waals surface area (Å²) in [6.45, 7) is 0.443. The summed E-state index contributed by atoms with van der Waals surface area (Å²) < 4.78 is 2.64. The summed E-state index contributed by atoms with van der Waals surface area (Å²) in [5.41, 5.74) is 7.89. The lowest BCUT2D eigenvalue weighted by Crippen LogP contribution is -2.23. The van der Waals surface area contributed by atoms with Gasteiger partial charge in [0, 0.05) is 23.4 Å². The van der Waals surface area contributed by atoms with Crippen LogP contribution in [0.3, 0.4) is 0 Å². The van der Waals surface area contributed by atoms with Crippen molar-refractivity contribution in [1.82, 2.24) is 19.9 Å². The fourth-order valence-electron chi connectivity index (χ4n) is 4.93. The van der Waals surface area contributed by atoms with Gasteiger partial charge in [-0.3, -0.25) is 4.79 Å². The highest BCUT2D eigenvalue weighted by Crippen LogP contribution is 2.30. The van der Waals surface area contributed by atoms with Gasteiger partial charge in [0.2, 0.25) is 0 Å². The van der Waals surface area contributed by atoms with E-state index < -0.39 is 0 Å². The average Bonchev–Trinajstić information content (AvgIpc) is 3.40. The summed E-state index contributed by atoms with van der Waals surface area (Å²) >= 11 is 3.55. The highest BCUT2D eigenvalue weighted by atomic mass is 79.9. The SMILES string of the molecule is O=C(NCc1ccc(CCc2cc(-c3ccccc3O)nc3c(Br)cnn23)cc1)c1ccccc1-c1ccccc1. The number of fused-ring (bicyclic) bond motifs is 1. The molecule has 4 aromatic carbocycles. The number of benzene rings is 4. The molecule has 2 aromatic heterocycles. The highest BCUT2D eigenvalue weighted by molar-refractivity contribution is 9.10. The van der Waals surface area contributed by atoms with Crippen molar-refractivity contribution in [3.63, 3.8) is 0 Å². The molecule has 0 saturated carbocycles. The van der Waals surface area contributed by atoms with E-state index in [1.54, 1.807) is 18.3 Å². The van der Waals surface area contributed by atoms with E-state index in [9.17, 15) is 9.90 Å². The molecule has 1 amide bonds. The number of halogens is 1. The number of amides is 1. The van der Waals surface area contributed by atoms with E-state index in [4.69, 9.17) is 4.98 Å². The molecule has 0 aliphatic rings. The van der Waals surface area contributed by atoms with Gasteiger partial charge >= 0.3 is 0 Å². The Labute approximate surface area is 246 Å². The van der Waals surface area contributed by atoms with Gasteiger partial charge in [0.15, 0.2) is 5.65 Å². The number of para-hydroxylation sites is 1. The molecule has 0 bridgehead atoms. The number of aromatic hydroxyl groups is 1. The molecule has 2 heterocycles. The average molecular weight is 604 g/mol. The number of nitrogens with zero attached hydrogens (tertiary/aromatic N) is 3. The Hall–Kier alpha value is -4.75. The molecule has 0 fully saturated rings. The molecule has 202 valence electrons. The van der Waals surface area contributed by atoms with E-state index >= 15 is 0 Å². The molecule has 0 saturated heterocycles. The summed E-state index contributed by atoms with van der Waals surface area (Å²) in [4.78, 5) is 17.8. The molecule has 41 heavy (non-hydrogen) atoms. The van der Waals surface area contributed by atoms with Crippen molar-refractivity contribution in [3.05, 3.63) is 142 Å². The number of carbonyl (C=O) groups is 1. The summed E-state index contributed by atoms with van der Waals surface area (Å²) in [5, 5.41) is 18.0. The third-order valence-electron chi connectivity index (χ3n) is 7.08. The fraction of sp³-hybridized carbons (Fsp3) is 0.0882. The van der Waals surface area contributed by atoms with Gasteiger partial charge in [-0.2, -0.15) is 5.10 Å². The second-order valence-electron chi connectivity index (χ2n) is 9.79. The van der Waals surface area contributed by atoms with Crippen molar-refractivity contribution in [2.75, 3.05) is 0 Å². The molecule has 6 rings (SSSR count). The number of hydrogen-bond acceptors (Lipinski definition) is 4. The number of rotatable bonds is 8. The van der Waals surface area contributed by atoms with Crippen LogP contribution < -0.4 is 5.32 Å². The lowest BCUT2D eigenvalue weighted by atomic mass is 9.99. The predicted octanol–water partition coefficient (Wildman–Crippen LogP) is 7.25. The first-order valence-corrected chi connectivity index (χ1v) is 14.2. The minimum absolute atomic E-state index is 0.0964. The van der Waals surface area contributed by atoms with Gasteiger partial charge in [-0.05, 0) is 75.3 Å². The van der Waals surface area contributed by atoms with E-state index in [1.807, 2.05) is 77.3 Å². The number of aromatic nitrogens is 3. The molecule has 0 radical (unpaired) electrons. The normalized spacial score (nSPS) is 11.0. The van der Waals surface area contributed by atoms with Crippen LogP contribution in [0, 0.1) is 0 Å². The molecule has 2 N–H and O–H groups in total. The maximum absolute atomic E-state index is 13.1. The number of aryl methyl sites for hydroxylation is 2. The molecule has 0 aliphatic heterocycles. The molecular weight excluding hydrogens is 576 g/mol. The Bertz CT molecular complexity index is 1830. The van der Waals surface area contributed by atoms with Gasteiger partial charge in [-0.15, -0.1) is 0 Å². The Morgan fingerprint density at radius 1 is 0.805 bits per heavy atom. The Morgan fingerprint density at radius 3 is 2.27 bits per heavy atom. The number of phenolic OH excluding ortho intramolecular Hbond substituents is 1. The van der Waals surface area contributed by atoms with Crippen molar-refractivity contribution in [3.8, 4) is 28.1 Å². The number of carbonyl (C=O) groups excluding carboxylic acids is 1. The zero-order valence-electron chi connectivity index (χ0n) is 22.2. The van der Waals surface area contributed by atoms with E-state index in [1.165, 1.54) is 5.56 Å². The summed E-state index contributed by atoms with van der Waals surface area (Å²) in [6.07, 6.45) is 3.27. The minimum atomic E-state index is -0.0964. The zero-order valence-corrected chi connectivity index (χ0v) is 23.8. The largest absolute Gasteiger partial charge is 0.507 e. The Morgan fingerprint density at radius 2 is 1.49 bits per heavy atom. The summed E-state index contributed by atoms with van der Waals surface area (Å²) in [5.74, 6) is 0.0954. The van der Waals surface area contributed by atoms with E-state index in [0.717, 1.165) is 39.7 Å². The first-order valence-electron chi connectivity index (χ1n) is 13.4. The standard InChI is InChI=1S/C34H27BrN4O2/c35-30-22-37-39-26(20-31(38-33(30)39)29-12-6-7-13-32(29)40)19-18-23-14-16-24(17-15-23)21-36-34(41)28-11-5-4-10-27(28)25-8-2-1-3-9-25/h1-17,20,22,40H,18-19,21H2,(H,36,41). The Balaban J connectivity index is 1.14. The third kappa shape index (κ3) is 5.76. The highest BCUT2D eigenvalue weighted by Gasteiger charge is 2.14. The van der Waals surface area contributed by atoms with Crippen molar-refractivity contribution in [2.24, 2.45) is 0 Å². The molecule has 6 nitrogen and oxygen atoms in total. The van der Waals surface area contributed by atoms with Crippen LogP contribution in [-0.2, 0) is 19.4 Å². The first kappa shape index (κ1) is 26.5. The molecule has 0 aliphatic carbocycles. The van der Waals surface area contributed by atoms with Crippen LogP contribution in [0.15, 0.2) is 120 Å². The molecule has 6 aromatic rings. The van der Waals surface area contributed by atoms with Gasteiger partial charge in [-0.25, -0.2) is 9.50 Å². The predicted molar refractivity (Wildman–Crippen MR) is 165 cm³/mol. The molecule has 0 atom stereocenters. The third-order valence-corrected chi connectivity index (χ3v) is 7.64. The fourth-order valence-corrected chi connectivity index (χ4v) is 5.28. The summed E-state index contributed by atoms with van der Waals surface area (Å²) in [7, 11) is 0. The second kappa shape index (κ2) is 11.8. The smallest absolute Gasteiger partial charge is 0.252 e. The lowest BCUT2D eigenvalue weighted by Gasteiger charge is -2.11. The van der Waals surface area contributed by atoms with Gasteiger partial charge in [0.05, 0.1) is 16.4 Å². The quantitative estimate of drug-likeness (QED) is 0.192. The number of hydrogen-bond donors (Lipinski definition) is 2. The molecule has 0 unspecified atom stereocenters. The lowest BCUT2D eigenvalue weighted by molar-refractivity contribution is 0.0951.